The van der Waals surface area contributed by atoms with Crippen molar-refractivity contribution in [1.29, 1.82) is 0 Å². The molecule has 1 unspecified atom stereocenters. The van der Waals surface area contributed by atoms with Crippen LogP contribution in [0.15, 0.2) is 0 Å². The number of rotatable bonds is 14. The van der Waals surface area contributed by atoms with Gasteiger partial charge >= 0.3 is 0 Å². The van der Waals surface area contributed by atoms with Crippen molar-refractivity contribution in [2.24, 2.45) is 0 Å². The smallest absolute Gasteiger partial charge is 0.0613 e. The molecule has 0 heterocycles. The fraction of sp³-hybridized carbons (Fsp3) is 1.00. The monoisotopic (exact) mass is 302 g/mol. The summed E-state index contributed by atoms with van der Waals surface area (Å²) in [6.45, 7) is 6.81. The fourth-order valence-electron chi connectivity index (χ4n) is 2.67. The van der Waals surface area contributed by atoms with Crippen molar-refractivity contribution in [3.05, 3.63) is 0 Å². The molecule has 1 saturated carbocycles. The van der Waals surface area contributed by atoms with E-state index in [4.69, 9.17) is 9.47 Å². The van der Waals surface area contributed by atoms with Crippen LogP contribution in [0.2, 0.25) is 0 Å². The quantitative estimate of drug-likeness (QED) is 0.506. The minimum absolute atomic E-state index is 0.0879. The molecule has 21 heavy (non-hydrogen) atoms. The van der Waals surface area contributed by atoms with Gasteiger partial charge in [0, 0.05) is 38.9 Å². The van der Waals surface area contributed by atoms with E-state index in [0.29, 0.717) is 6.04 Å². The third kappa shape index (κ3) is 7.56. The van der Waals surface area contributed by atoms with Crippen LogP contribution in [0, 0.1) is 0 Å². The molecule has 126 valence electrons. The van der Waals surface area contributed by atoms with Gasteiger partial charge in [-0.2, -0.15) is 0 Å². The first-order valence-corrected chi connectivity index (χ1v) is 8.28. The Labute approximate surface area is 130 Å². The lowest BCUT2D eigenvalue weighted by atomic mass is 9.91. The molecule has 1 atom stereocenters. The molecule has 2 N–H and O–H groups in total. The number of hydrogen-bond acceptors (Lipinski definition) is 5. The van der Waals surface area contributed by atoms with Gasteiger partial charge in [-0.05, 0) is 38.6 Å². The van der Waals surface area contributed by atoms with Crippen molar-refractivity contribution in [2.45, 2.75) is 50.6 Å². The minimum atomic E-state index is -0.0879. The number of nitrogens with zero attached hydrogens (tertiary/aromatic N) is 1. The third-order valence-electron chi connectivity index (χ3n) is 4.42. The lowest BCUT2D eigenvalue weighted by Crippen LogP contribution is -2.49. The summed E-state index contributed by atoms with van der Waals surface area (Å²) < 4.78 is 10.3. The molecule has 0 aromatic heterocycles. The highest BCUT2D eigenvalue weighted by molar-refractivity contribution is 4.94. The molecule has 1 aliphatic carbocycles. The van der Waals surface area contributed by atoms with Crippen LogP contribution in [-0.4, -0.2) is 75.3 Å². The second kappa shape index (κ2) is 10.5. The van der Waals surface area contributed by atoms with Gasteiger partial charge in [0.25, 0.3) is 0 Å². The molecular weight excluding hydrogens is 268 g/mol. The summed E-state index contributed by atoms with van der Waals surface area (Å²) in [5, 5.41) is 13.4. The van der Waals surface area contributed by atoms with Crippen LogP contribution in [0.25, 0.3) is 0 Å². The summed E-state index contributed by atoms with van der Waals surface area (Å²) in [5.74, 6) is 0. The molecule has 1 aliphatic rings. The summed E-state index contributed by atoms with van der Waals surface area (Å²) in [6.07, 6.45) is 5.61. The van der Waals surface area contributed by atoms with E-state index in [0.717, 1.165) is 52.1 Å². The van der Waals surface area contributed by atoms with Crippen LogP contribution >= 0.6 is 0 Å². The summed E-state index contributed by atoms with van der Waals surface area (Å²) in [4.78, 5) is 2.38. The molecule has 5 nitrogen and oxygen atoms in total. The Bertz CT molecular complexity index is 248. The summed E-state index contributed by atoms with van der Waals surface area (Å²) in [5.41, 5.74) is -0.0879. The Morgan fingerprint density at radius 3 is 2.19 bits per heavy atom. The molecule has 5 heteroatoms. The molecule has 0 amide bonds. The van der Waals surface area contributed by atoms with Gasteiger partial charge < -0.3 is 19.9 Å². The Balaban J connectivity index is 2.33. The van der Waals surface area contributed by atoms with Gasteiger partial charge in [-0.3, -0.25) is 4.90 Å². The maximum atomic E-state index is 9.79. The summed E-state index contributed by atoms with van der Waals surface area (Å²) >= 11 is 0. The number of methoxy groups -OCH3 is 2. The van der Waals surface area contributed by atoms with Crippen LogP contribution in [0.4, 0.5) is 0 Å². The number of aliphatic hydroxyl groups is 1. The van der Waals surface area contributed by atoms with E-state index >= 15 is 0 Å². The highest BCUT2D eigenvalue weighted by atomic mass is 16.5. The van der Waals surface area contributed by atoms with Crippen LogP contribution in [0.5, 0.6) is 0 Å². The fourth-order valence-corrected chi connectivity index (χ4v) is 2.67. The Morgan fingerprint density at radius 1 is 1.14 bits per heavy atom. The van der Waals surface area contributed by atoms with E-state index in [9.17, 15) is 5.11 Å². The predicted octanol–water partition coefficient (Wildman–Crippen LogP) is 1.25. The van der Waals surface area contributed by atoms with Gasteiger partial charge in [-0.25, -0.2) is 0 Å². The topological polar surface area (TPSA) is 54.0 Å². The second-order valence-corrected chi connectivity index (χ2v) is 6.14. The zero-order chi connectivity index (χ0) is 15.6. The van der Waals surface area contributed by atoms with E-state index in [2.05, 4.69) is 17.1 Å². The molecular formula is C16H34N2O3. The van der Waals surface area contributed by atoms with Crippen molar-refractivity contribution >= 4 is 0 Å². The van der Waals surface area contributed by atoms with Gasteiger partial charge in [-0.15, -0.1) is 0 Å². The molecule has 1 rings (SSSR count). The van der Waals surface area contributed by atoms with Gasteiger partial charge in [0.15, 0.2) is 0 Å². The molecule has 0 aliphatic heterocycles. The summed E-state index contributed by atoms with van der Waals surface area (Å²) in [6, 6.07) is 0.634. The lowest BCUT2D eigenvalue weighted by Gasteiger charge is -2.33. The molecule has 0 bridgehead atoms. The SMILES string of the molecule is CCC(CO)(CCCN(CCOC)CCOC)NC1CC1. The van der Waals surface area contributed by atoms with Gasteiger partial charge in [0.1, 0.15) is 0 Å². The van der Waals surface area contributed by atoms with E-state index < -0.39 is 0 Å². The van der Waals surface area contributed by atoms with Crippen molar-refractivity contribution in [2.75, 3.05) is 53.7 Å². The predicted molar refractivity (Wildman–Crippen MR) is 85.7 cm³/mol. The van der Waals surface area contributed by atoms with Gasteiger partial charge in [0.2, 0.25) is 0 Å². The number of hydrogen-bond donors (Lipinski definition) is 2. The molecule has 0 radical (unpaired) electrons. The van der Waals surface area contributed by atoms with E-state index in [-0.39, 0.29) is 12.1 Å². The Kier molecular flexibility index (Phi) is 9.44. The standard InChI is InChI=1S/C16H34N2O3/c1-4-16(14-19,17-15-6-7-15)8-5-9-18(10-12-20-2)11-13-21-3/h15,17,19H,4-14H2,1-3H3. The molecule has 0 aromatic rings. The Hall–Kier alpha value is -0.200. The third-order valence-corrected chi connectivity index (χ3v) is 4.42. The molecule has 0 saturated heterocycles. The van der Waals surface area contributed by atoms with E-state index in [1.54, 1.807) is 14.2 Å². The largest absolute Gasteiger partial charge is 0.394 e. The first-order valence-electron chi connectivity index (χ1n) is 8.28. The average Bonchev–Trinajstić information content (AvgIpc) is 3.32. The van der Waals surface area contributed by atoms with Crippen molar-refractivity contribution in [3.8, 4) is 0 Å². The number of aliphatic hydroxyl groups excluding tert-OH is 1. The van der Waals surface area contributed by atoms with Crippen LogP contribution in [0.3, 0.4) is 0 Å². The first-order chi connectivity index (χ1) is 10.2. The van der Waals surface area contributed by atoms with Crippen molar-refractivity contribution < 1.29 is 14.6 Å². The maximum absolute atomic E-state index is 9.79. The molecule has 0 aromatic carbocycles. The number of ether oxygens (including phenoxy) is 2. The Morgan fingerprint density at radius 2 is 1.76 bits per heavy atom. The maximum Gasteiger partial charge on any atom is 0.0613 e. The minimum Gasteiger partial charge on any atom is -0.394 e. The highest BCUT2D eigenvalue weighted by Crippen LogP contribution is 2.26. The van der Waals surface area contributed by atoms with E-state index in [1.165, 1.54) is 12.8 Å². The second-order valence-electron chi connectivity index (χ2n) is 6.14. The van der Waals surface area contributed by atoms with Gasteiger partial charge in [0.05, 0.1) is 19.8 Å². The first kappa shape index (κ1) is 18.8. The number of nitrogens with one attached hydrogen (secondary N) is 1. The highest BCUT2D eigenvalue weighted by Gasteiger charge is 2.33. The van der Waals surface area contributed by atoms with Crippen molar-refractivity contribution in [1.82, 2.24) is 10.2 Å². The zero-order valence-electron chi connectivity index (χ0n) is 14.1. The molecule has 0 spiro atoms. The van der Waals surface area contributed by atoms with Gasteiger partial charge in [-0.1, -0.05) is 6.92 Å². The lowest BCUT2D eigenvalue weighted by molar-refractivity contribution is 0.104. The average molecular weight is 302 g/mol. The summed E-state index contributed by atoms with van der Waals surface area (Å²) in [7, 11) is 3.48. The van der Waals surface area contributed by atoms with Crippen LogP contribution < -0.4 is 5.32 Å². The zero-order valence-corrected chi connectivity index (χ0v) is 14.1. The van der Waals surface area contributed by atoms with E-state index in [1.807, 2.05) is 0 Å². The normalized spacial score (nSPS) is 18.1. The van der Waals surface area contributed by atoms with Crippen LogP contribution in [0.1, 0.15) is 39.0 Å². The molecule has 1 fully saturated rings. The van der Waals surface area contributed by atoms with Crippen LogP contribution in [-0.2, 0) is 9.47 Å². The van der Waals surface area contributed by atoms with Crippen molar-refractivity contribution in [3.63, 3.8) is 0 Å².